The number of sulfonamides is 1. The van der Waals surface area contributed by atoms with E-state index in [4.69, 9.17) is 10.5 Å². The minimum absolute atomic E-state index is 0.286. The average Bonchev–Trinajstić information content (AvgIpc) is 2.53. The third kappa shape index (κ3) is 4.16. The molecule has 1 aliphatic heterocycles. The monoisotopic (exact) mass is 313 g/mol. The molecule has 6 nitrogen and oxygen atoms in total. The van der Waals surface area contributed by atoms with Crippen LogP contribution in [0.3, 0.4) is 0 Å². The average molecular weight is 313 g/mol. The van der Waals surface area contributed by atoms with Crippen molar-refractivity contribution in [1.82, 2.24) is 4.72 Å². The number of piperidine rings is 1. The van der Waals surface area contributed by atoms with Gasteiger partial charge in [-0.3, -0.25) is 0 Å². The Hall–Kier alpha value is -1.15. The van der Waals surface area contributed by atoms with Crippen molar-refractivity contribution >= 4 is 15.7 Å². The van der Waals surface area contributed by atoms with Gasteiger partial charge in [-0.15, -0.1) is 0 Å². The first kappa shape index (κ1) is 16.2. The Balaban J connectivity index is 1.95. The first-order chi connectivity index (χ1) is 10.1. The number of ether oxygens (including phenoxy) is 1. The van der Waals surface area contributed by atoms with Gasteiger partial charge in [0.1, 0.15) is 0 Å². The van der Waals surface area contributed by atoms with Crippen LogP contribution in [0.4, 0.5) is 5.69 Å². The van der Waals surface area contributed by atoms with Gasteiger partial charge in [-0.1, -0.05) is 0 Å². The summed E-state index contributed by atoms with van der Waals surface area (Å²) in [6, 6.07) is 6.98. The number of anilines is 1. The van der Waals surface area contributed by atoms with E-state index in [2.05, 4.69) is 9.62 Å². The molecule has 1 fully saturated rings. The van der Waals surface area contributed by atoms with Crippen molar-refractivity contribution in [3.05, 3.63) is 24.3 Å². The van der Waals surface area contributed by atoms with Crippen molar-refractivity contribution in [3.63, 3.8) is 0 Å². The van der Waals surface area contributed by atoms with Crippen molar-refractivity contribution in [2.24, 2.45) is 5.73 Å². The van der Waals surface area contributed by atoms with Crippen LogP contribution in [-0.2, 0) is 14.8 Å². The Morgan fingerprint density at radius 1 is 1.29 bits per heavy atom. The van der Waals surface area contributed by atoms with Gasteiger partial charge in [0.15, 0.2) is 0 Å². The fourth-order valence-corrected chi connectivity index (χ4v) is 3.20. The molecule has 0 spiro atoms. The zero-order valence-electron chi connectivity index (χ0n) is 12.3. The summed E-state index contributed by atoms with van der Waals surface area (Å²) in [6.45, 7) is 2.99. The van der Waals surface area contributed by atoms with Gasteiger partial charge in [0.2, 0.25) is 10.0 Å². The molecule has 0 radical (unpaired) electrons. The molecule has 1 heterocycles. The molecule has 118 valence electrons. The standard InChI is InChI=1S/C14H23N3O3S/c1-16-21(18,19)14-4-2-12(3-5-14)17-9-6-13(7-10-17)20-11-8-15/h2-5,13,16H,6-11,15H2,1H3. The highest BCUT2D eigenvalue weighted by Crippen LogP contribution is 2.22. The van der Waals surface area contributed by atoms with Crippen LogP contribution in [0.25, 0.3) is 0 Å². The lowest BCUT2D eigenvalue weighted by Crippen LogP contribution is -2.37. The molecule has 21 heavy (non-hydrogen) atoms. The van der Waals surface area contributed by atoms with Crippen LogP contribution in [0.5, 0.6) is 0 Å². The van der Waals surface area contributed by atoms with Crippen molar-refractivity contribution in [2.45, 2.75) is 23.8 Å². The van der Waals surface area contributed by atoms with Gasteiger partial charge in [-0.05, 0) is 44.2 Å². The maximum atomic E-state index is 11.7. The third-order valence-corrected chi connectivity index (χ3v) is 5.12. The van der Waals surface area contributed by atoms with Gasteiger partial charge in [0, 0.05) is 25.3 Å². The Morgan fingerprint density at radius 2 is 1.90 bits per heavy atom. The summed E-state index contributed by atoms with van der Waals surface area (Å²) in [5, 5.41) is 0. The molecule has 0 atom stereocenters. The van der Waals surface area contributed by atoms with Crippen LogP contribution in [-0.4, -0.2) is 47.8 Å². The fraction of sp³-hybridized carbons (Fsp3) is 0.571. The van der Waals surface area contributed by atoms with Gasteiger partial charge >= 0.3 is 0 Å². The highest BCUT2D eigenvalue weighted by atomic mass is 32.2. The number of nitrogens with one attached hydrogen (secondary N) is 1. The fourth-order valence-electron chi connectivity index (χ4n) is 2.47. The van der Waals surface area contributed by atoms with Crippen LogP contribution >= 0.6 is 0 Å². The summed E-state index contributed by atoms with van der Waals surface area (Å²) in [6.07, 6.45) is 2.22. The van der Waals surface area contributed by atoms with Crippen molar-refractivity contribution in [3.8, 4) is 0 Å². The number of nitrogens with two attached hydrogens (primary N) is 1. The lowest BCUT2D eigenvalue weighted by molar-refractivity contribution is 0.0422. The molecule has 0 aromatic heterocycles. The minimum atomic E-state index is -3.37. The van der Waals surface area contributed by atoms with Crippen LogP contribution in [0.15, 0.2) is 29.2 Å². The lowest BCUT2D eigenvalue weighted by Gasteiger charge is -2.33. The highest BCUT2D eigenvalue weighted by molar-refractivity contribution is 7.89. The zero-order valence-corrected chi connectivity index (χ0v) is 13.1. The number of nitrogens with zero attached hydrogens (tertiary/aromatic N) is 1. The largest absolute Gasteiger partial charge is 0.377 e. The molecular formula is C14H23N3O3S. The van der Waals surface area contributed by atoms with Crippen LogP contribution in [0.2, 0.25) is 0 Å². The Morgan fingerprint density at radius 3 is 2.43 bits per heavy atom. The molecule has 1 saturated heterocycles. The Labute approximate surface area is 126 Å². The molecule has 0 unspecified atom stereocenters. The molecule has 0 bridgehead atoms. The lowest BCUT2D eigenvalue weighted by atomic mass is 10.1. The van der Waals surface area contributed by atoms with E-state index in [0.717, 1.165) is 31.6 Å². The smallest absolute Gasteiger partial charge is 0.240 e. The number of benzene rings is 1. The zero-order chi connectivity index (χ0) is 15.3. The van der Waals surface area contributed by atoms with Gasteiger partial charge in [-0.25, -0.2) is 13.1 Å². The van der Waals surface area contributed by atoms with E-state index in [-0.39, 0.29) is 11.0 Å². The number of hydrogen-bond acceptors (Lipinski definition) is 5. The maximum absolute atomic E-state index is 11.7. The molecule has 1 aromatic rings. The summed E-state index contributed by atoms with van der Waals surface area (Å²) < 4.78 is 31.3. The minimum Gasteiger partial charge on any atom is -0.377 e. The van der Waals surface area contributed by atoms with Crippen LogP contribution < -0.4 is 15.4 Å². The van der Waals surface area contributed by atoms with E-state index >= 15 is 0 Å². The van der Waals surface area contributed by atoms with Gasteiger partial charge in [0.05, 0.1) is 17.6 Å². The molecule has 0 amide bonds. The quantitative estimate of drug-likeness (QED) is 0.801. The first-order valence-electron chi connectivity index (χ1n) is 7.17. The molecule has 0 aliphatic carbocycles. The third-order valence-electron chi connectivity index (χ3n) is 3.69. The number of rotatable bonds is 6. The van der Waals surface area contributed by atoms with Crippen LogP contribution in [0.1, 0.15) is 12.8 Å². The van der Waals surface area contributed by atoms with Gasteiger partial charge in [-0.2, -0.15) is 0 Å². The van der Waals surface area contributed by atoms with Crippen LogP contribution in [0, 0.1) is 0 Å². The molecule has 0 saturated carbocycles. The van der Waals surface area contributed by atoms with Gasteiger partial charge < -0.3 is 15.4 Å². The Kier molecular flexibility index (Phi) is 5.58. The summed E-state index contributed by atoms with van der Waals surface area (Å²) in [5.41, 5.74) is 6.48. The second-order valence-corrected chi connectivity index (χ2v) is 6.93. The van der Waals surface area contributed by atoms with E-state index in [0.29, 0.717) is 13.2 Å². The Bertz CT molecular complexity index is 537. The summed E-state index contributed by atoms with van der Waals surface area (Å²) >= 11 is 0. The first-order valence-corrected chi connectivity index (χ1v) is 8.65. The summed E-state index contributed by atoms with van der Waals surface area (Å²) in [5.74, 6) is 0. The van der Waals surface area contributed by atoms with Crippen molar-refractivity contribution in [1.29, 1.82) is 0 Å². The van der Waals surface area contributed by atoms with E-state index in [9.17, 15) is 8.42 Å². The van der Waals surface area contributed by atoms with E-state index < -0.39 is 10.0 Å². The predicted octanol–water partition coefficient (Wildman–Crippen LogP) is 0.539. The predicted molar refractivity (Wildman–Crippen MR) is 82.9 cm³/mol. The van der Waals surface area contributed by atoms with Gasteiger partial charge in [0.25, 0.3) is 0 Å². The second kappa shape index (κ2) is 7.22. The molecule has 3 N–H and O–H groups in total. The maximum Gasteiger partial charge on any atom is 0.240 e. The molecule has 1 aromatic carbocycles. The molecule has 7 heteroatoms. The van der Waals surface area contributed by atoms with E-state index in [1.54, 1.807) is 12.1 Å². The normalized spacial score (nSPS) is 17.1. The topological polar surface area (TPSA) is 84.7 Å². The molecule has 2 rings (SSSR count). The molecule has 1 aliphatic rings. The summed E-state index contributed by atoms with van der Waals surface area (Å²) in [7, 11) is -1.95. The van der Waals surface area contributed by atoms with Crippen molar-refractivity contribution in [2.75, 3.05) is 38.2 Å². The highest BCUT2D eigenvalue weighted by Gasteiger charge is 2.20. The second-order valence-electron chi connectivity index (χ2n) is 5.05. The van der Waals surface area contributed by atoms with Crippen molar-refractivity contribution < 1.29 is 13.2 Å². The SMILES string of the molecule is CNS(=O)(=O)c1ccc(N2CCC(OCCN)CC2)cc1. The molecular weight excluding hydrogens is 290 g/mol. The van der Waals surface area contributed by atoms with E-state index in [1.807, 2.05) is 12.1 Å². The summed E-state index contributed by atoms with van der Waals surface area (Å²) in [4.78, 5) is 2.54. The number of hydrogen-bond donors (Lipinski definition) is 2. The van der Waals surface area contributed by atoms with E-state index in [1.165, 1.54) is 7.05 Å².